The summed E-state index contributed by atoms with van der Waals surface area (Å²) in [5.41, 5.74) is 2.37. The normalized spacial score (nSPS) is 15.4. The quantitative estimate of drug-likeness (QED) is 0.474. The Morgan fingerprint density at radius 3 is 2.26 bits per heavy atom. The Hall–Kier alpha value is -2.93. The highest BCUT2D eigenvalue weighted by Crippen LogP contribution is 2.28. The lowest BCUT2D eigenvalue weighted by molar-refractivity contribution is 0.245. The van der Waals surface area contributed by atoms with E-state index < -0.39 is 0 Å². The molecule has 1 saturated heterocycles. The number of hydrogen-bond acceptors (Lipinski definition) is 5. The molecule has 2 N–H and O–H groups in total. The number of benzene rings is 2. The predicted molar refractivity (Wildman–Crippen MR) is 124 cm³/mol. The molecule has 7 nitrogen and oxygen atoms in total. The van der Waals surface area contributed by atoms with Gasteiger partial charge < -0.3 is 24.8 Å². The molecule has 0 saturated carbocycles. The van der Waals surface area contributed by atoms with E-state index in [4.69, 9.17) is 14.2 Å². The van der Waals surface area contributed by atoms with Gasteiger partial charge in [0.2, 0.25) is 0 Å². The Bertz CT molecular complexity index is 848. The van der Waals surface area contributed by atoms with Gasteiger partial charge in [-0.05, 0) is 61.3 Å². The maximum atomic E-state index is 5.40. The lowest BCUT2D eigenvalue weighted by Gasteiger charge is -2.29. The molecular formula is C24H34N4O3. The summed E-state index contributed by atoms with van der Waals surface area (Å²) in [6.07, 6.45) is 2.50. The van der Waals surface area contributed by atoms with Crippen molar-refractivity contribution < 1.29 is 14.2 Å². The standard InChI is InChI=1S/C24H34N4O3/c1-25-24(26-16-18-7-12-22(30-3)23(15-18)31-4)27-17-21(28-13-5-6-14-28)19-8-10-20(29-2)11-9-19/h7-12,15,21H,5-6,13-14,16-17H2,1-4H3,(H2,25,26,27). The van der Waals surface area contributed by atoms with E-state index in [1.54, 1.807) is 28.4 Å². The second kappa shape index (κ2) is 11.5. The first kappa shape index (κ1) is 22.7. The third-order valence-electron chi connectivity index (χ3n) is 5.68. The minimum atomic E-state index is 0.285. The number of methoxy groups -OCH3 is 3. The van der Waals surface area contributed by atoms with Crippen LogP contribution in [0.25, 0.3) is 0 Å². The van der Waals surface area contributed by atoms with Gasteiger partial charge in [0.05, 0.1) is 27.4 Å². The molecule has 1 aliphatic rings. The summed E-state index contributed by atoms with van der Waals surface area (Å²) in [4.78, 5) is 6.94. The Labute approximate surface area is 185 Å². The minimum absolute atomic E-state index is 0.285. The summed E-state index contributed by atoms with van der Waals surface area (Å²) in [5, 5.41) is 6.90. The number of nitrogens with one attached hydrogen (secondary N) is 2. The SMILES string of the molecule is CN=C(NCc1ccc(OC)c(OC)c1)NCC(c1ccc(OC)cc1)N1CCCC1. The number of rotatable bonds is 9. The Morgan fingerprint density at radius 2 is 1.65 bits per heavy atom. The molecule has 0 aromatic heterocycles. The van der Waals surface area contributed by atoms with Crippen LogP contribution in [0.15, 0.2) is 47.5 Å². The Morgan fingerprint density at radius 1 is 0.935 bits per heavy atom. The highest BCUT2D eigenvalue weighted by molar-refractivity contribution is 5.79. The zero-order valence-electron chi connectivity index (χ0n) is 19.0. The average Bonchev–Trinajstić information content (AvgIpc) is 3.36. The number of aliphatic imine (C=N–C) groups is 1. The van der Waals surface area contributed by atoms with Gasteiger partial charge in [0.1, 0.15) is 5.75 Å². The zero-order valence-corrected chi connectivity index (χ0v) is 19.0. The van der Waals surface area contributed by atoms with Crippen LogP contribution in [0.5, 0.6) is 17.2 Å². The van der Waals surface area contributed by atoms with E-state index in [2.05, 4.69) is 32.7 Å². The van der Waals surface area contributed by atoms with E-state index in [-0.39, 0.29) is 6.04 Å². The summed E-state index contributed by atoms with van der Waals surface area (Å²) >= 11 is 0. The fourth-order valence-electron chi connectivity index (χ4n) is 3.93. The summed E-state index contributed by atoms with van der Waals surface area (Å²) < 4.78 is 16.0. The molecule has 31 heavy (non-hydrogen) atoms. The molecule has 0 radical (unpaired) electrons. The van der Waals surface area contributed by atoms with Crippen LogP contribution in [-0.2, 0) is 6.54 Å². The van der Waals surface area contributed by atoms with E-state index in [1.807, 2.05) is 30.3 Å². The highest BCUT2D eigenvalue weighted by Gasteiger charge is 2.23. The Balaban J connectivity index is 1.62. The molecule has 1 atom stereocenters. The first-order chi connectivity index (χ1) is 15.2. The van der Waals surface area contributed by atoms with Crippen molar-refractivity contribution in [2.24, 2.45) is 4.99 Å². The molecule has 1 unspecified atom stereocenters. The summed E-state index contributed by atoms with van der Waals surface area (Å²) in [7, 11) is 6.78. The zero-order chi connectivity index (χ0) is 22.1. The number of likely N-dealkylation sites (tertiary alicyclic amines) is 1. The van der Waals surface area contributed by atoms with Crippen LogP contribution in [0.1, 0.15) is 30.0 Å². The van der Waals surface area contributed by atoms with E-state index in [1.165, 1.54) is 18.4 Å². The van der Waals surface area contributed by atoms with Gasteiger partial charge in [-0.15, -0.1) is 0 Å². The molecule has 168 valence electrons. The highest BCUT2D eigenvalue weighted by atomic mass is 16.5. The second-order valence-electron chi connectivity index (χ2n) is 7.53. The van der Waals surface area contributed by atoms with Gasteiger partial charge >= 0.3 is 0 Å². The third-order valence-corrected chi connectivity index (χ3v) is 5.68. The number of guanidine groups is 1. The van der Waals surface area contributed by atoms with E-state index >= 15 is 0 Å². The molecule has 1 heterocycles. The predicted octanol–water partition coefficient (Wildman–Crippen LogP) is 3.21. The molecule has 1 fully saturated rings. The van der Waals surface area contributed by atoms with Gasteiger partial charge in [0.15, 0.2) is 17.5 Å². The minimum Gasteiger partial charge on any atom is -0.497 e. The average molecular weight is 427 g/mol. The number of ether oxygens (including phenoxy) is 3. The maximum absolute atomic E-state index is 5.40. The van der Waals surface area contributed by atoms with Crippen molar-refractivity contribution in [1.29, 1.82) is 0 Å². The van der Waals surface area contributed by atoms with E-state index in [0.29, 0.717) is 6.54 Å². The summed E-state index contributed by atoms with van der Waals surface area (Å²) in [6, 6.07) is 14.6. The molecule has 7 heteroatoms. The van der Waals surface area contributed by atoms with Crippen LogP contribution in [0.3, 0.4) is 0 Å². The molecule has 1 aliphatic heterocycles. The molecule has 3 rings (SSSR count). The van der Waals surface area contributed by atoms with Crippen LogP contribution in [0, 0.1) is 0 Å². The fourth-order valence-corrected chi connectivity index (χ4v) is 3.93. The fraction of sp³-hybridized carbons (Fsp3) is 0.458. The van der Waals surface area contributed by atoms with Crippen LogP contribution >= 0.6 is 0 Å². The molecule has 0 amide bonds. The van der Waals surface area contributed by atoms with Crippen molar-refractivity contribution in [2.75, 3.05) is 48.0 Å². The van der Waals surface area contributed by atoms with Crippen LogP contribution in [-0.4, -0.2) is 58.9 Å². The van der Waals surface area contributed by atoms with Gasteiger partial charge in [0.25, 0.3) is 0 Å². The van der Waals surface area contributed by atoms with Gasteiger partial charge in [0, 0.05) is 20.1 Å². The van der Waals surface area contributed by atoms with E-state index in [9.17, 15) is 0 Å². The number of nitrogens with zero attached hydrogens (tertiary/aromatic N) is 2. The summed E-state index contributed by atoms with van der Waals surface area (Å²) in [5.74, 6) is 3.09. The lowest BCUT2D eigenvalue weighted by Crippen LogP contribution is -2.42. The van der Waals surface area contributed by atoms with Crippen molar-refractivity contribution >= 4 is 5.96 Å². The van der Waals surface area contributed by atoms with Gasteiger partial charge in [-0.3, -0.25) is 9.89 Å². The third kappa shape index (κ3) is 6.04. The van der Waals surface area contributed by atoms with Gasteiger partial charge in [-0.1, -0.05) is 18.2 Å². The van der Waals surface area contributed by atoms with Crippen LogP contribution in [0.4, 0.5) is 0 Å². The van der Waals surface area contributed by atoms with E-state index in [0.717, 1.165) is 48.4 Å². The summed E-state index contributed by atoms with van der Waals surface area (Å²) in [6.45, 7) is 3.65. The van der Waals surface area contributed by atoms with Gasteiger partial charge in [-0.2, -0.15) is 0 Å². The van der Waals surface area contributed by atoms with Gasteiger partial charge in [-0.25, -0.2) is 0 Å². The first-order valence-electron chi connectivity index (χ1n) is 10.7. The molecular weight excluding hydrogens is 392 g/mol. The van der Waals surface area contributed by atoms with Crippen molar-refractivity contribution in [2.45, 2.75) is 25.4 Å². The monoisotopic (exact) mass is 426 g/mol. The first-order valence-corrected chi connectivity index (χ1v) is 10.7. The van der Waals surface area contributed by atoms with Crippen molar-refractivity contribution in [1.82, 2.24) is 15.5 Å². The topological polar surface area (TPSA) is 67.4 Å². The molecule has 2 aromatic rings. The molecule has 0 bridgehead atoms. The number of hydrogen-bond donors (Lipinski definition) is 2. The largest absolute Gasteiger partial charge is 0.497 e. The smallest absolute Gasteiger partial charge is 0.191 e. The lowest BCUT2D eigenvalue weighted by atomic mass is 10.1. The van der Waals surface area contributed by atoms with Crippen molar-refractivity contribution in [3.8, 4) is 17.2 Å². The van der Waals surface area contributed by atoms with Crippen molar-refractivity contribution in [3.63, 3.8) is 0 Å². The molecule has 0 aliphatic carbocycles. The molecule has 0 spiro atoms. The Kier molecular flexibility index (Phi) is 8.41. The van der Waals surface area contributed by atoms with Crippen LogP contribution in [0.2, 0.25) is 0 Å². The second-order valence-corrected chi connectivity index (χ2v) is 7.53. The maximum Gasteiger partial charge on any atom is 0.191 e. The molecule has 2 aromatic carbocycles. The van der Waals surface area contributed by atoms with Crippen LogP contribution < -0.4 is 24.8 Å². The van der Waals surface area contributed by atoms with Crippen molar-refractivity contribution in [3.05, 3.63) is 53.6 Å².